The van der Waals surface area contributed by atoms with Crippen LogP contribution >= 0.6 is 34.0 Å². The van der Waals surface area contributed by atoms with Crippen LogP contribution in [0.25, 0.3) is 130 Å². The third kappa shape index (κ3) is 6.11. The van der Waals surface area contributed by atoms with E-state index in [9.17, 15) is 0 Å². The van der Waals surface area contributed by atoms with Crippen molar-refractivity contribution in [1.29, 1.82) is 0 Å². The Morgan fingerprint density at radius 1 is 0.477 bits per heavy atom. The number of rotatable bonds is 6. The van der Waals surface area contributed by atoms with Crippen molar-refractivity contribution in [2.24, 2.45) is 0 Å². The van der Waals surface area contributed by atoms with Gasteiger partial charge < -0.3 is 4.57 Å². The summed E-state index contributed by atoms with van der Waals surface area (Å²) in [4.78, 5) is 15.2. The number of nitrogens with zero attached hydrogens (tertiary/aromatic N) is 4. The summed E-state index contributed by atoms with van der Waals surface area (Å²) >= 11 is 5.45. The van der Waals surface area contributed by atoms with Gasteiger partial charge in [0, 0.05) is 82.9 Å². The fourth-order valence-corrected chi connectivity index (χ4v) is 13.0. The van der Waals surface area contributed by atoms with E-state index in [1.54, 1.807) is 22.7 Å². The molecule has 0 N–H and O–H groups in total. The molecule has 0 saturated carbocycles. The molecule has 0 atom stereocenters. The van der Waals surface area contributed by atoms with Gasteiger partial charge in [0.25, 0.3) is 0 Å². The Morgan fingerprint density at radius 2 is 1.09 bits per heavy atom. The Kier molecular flexibility index (Phi) is 8.78. The van der Waals surface area contributed by atoms with Crippen molar-refractivity contribution in [2.45, 2.75) is 6.92 Å². The lowest BCUT2D eigenvalue weighted by atomic mass is 10.0. The van der Waals surface area contributed by atoms with E-state index in [-0.39, 0.29) is 0 Å². The quantitative estimate of drug-likeness (QED) is 0.167. The first-order valence-corrected chi connectivity index (χ1v) is 24.1. The van der Waals surface area contributed by atoms with Crippen LogP contribution in [-0.2, 0) is 0 Å². The maximum Gasteiger partial charge on any atom is 0.165 e. The highest BCUT2D eigenvalue weighted by atomic mass is 32.1. The van der Waals surface area contributed by atoms with Crippen LogP contribution in [0.5, 0.6) is 0 Å². The molecule has 0 spiro atoms. The van der Waals surface area contributed by atoms with Gasteiger partial charge in [0.2, 0.25) is 0 Å². The molecule has 0 aliphatic carbocycles. The first-order chi connectivity index (χ1) is 32.1. The number of allylic oxidation sites excluding steroid dienone is 2. The molecule has 0 unspecified atom stereocenters. The predicted molar refractivity (Wildman–Crippen MR) is 281 cm³/mol. The minimum Gasteiger partial charge on any atom is -0.308 e. The van der Waals surface area contributed by atoms with Crippen molar-refractivity contribution < 1.29 is 0 Å². The monoisotopic (exact) mass is 884 g/mol. The average Bonchev–Trinajstić information content (AvgIpc) is 4.11. The van der Waals surface area contributed by atoms with E-state index in [4.69, 9.17) is 15.0 Å². The second-order valence-electron chi connectivity index (χ2n) is 16.3. The van der Waals surface area contributed by atoms with Crippen LogP contribution in [0.1, 0.15) is 12.5 Å². The first kappa shape index (κ1) is 38.0. The van der Waals surface area contributed by atoms with Crippen molar-refractivity contribution in [2.75, 3.05) is 0 Å². The van der Waals surface area contributed by atoms with Gasteiger partial charge in [0.15, 0.2) is 17.5 Å². The van der Waals surface area contributed by atoms with Crippen molar-refractivity contribution >= 4 is 124 Å². The van der Waals surface area contributed by atoms with Crippen LogP contribution in [0.2, 0.25) is 0 Å². The summed E-state index contributed by atoms with van der Waals surface area (Å²) < 4.78 is 9.81. The second-order valence-corrected chi connectivity index (χ2v) is 19.6. The van der Waals surface area contributed by atoms with Crippen molar-refractivity contribution in [3.05, 3.63) is 197 Å². The van der Waals surface area contributed by atoms with Gasteiger partial charge in [-0.15, -0.1) is 34.0 Å². The molecular weight excluding hydrogens is 849 g/mol. The largest absolute Gasteiger partial charge is 0.308 e. The molecule has 13 rings (SSSR count). The van der Waals surface area contributed by atoms with Crippen LogP contribution in [0.15, 0.2) is 182 Å². The van der Waals surface area contributed by atoms with Gasteiger partial charge in [-0.25, -0.2) is 15.0 Å². The summed E-state index contributed by atoms with van der Waals surface area (Å²) in [6.45, 7) is 6.69. The van der Waals surface area contributed by atoms with Gasteiger partial charge in [-0.2, -0.15) is 0 Å². The number of benzene rings is 8. The molecule has 0 aliphatic rings. The molecule has 7 heteroatoms. The number of thiophene rings is 3. The van der Waals surface area contributed by atoms with E-state index >= 15 is 0 Å². The minimum absolute atomic E-state index is 0.653. The Hall–Kier alpha value is -7.55. The van der Waals surface area contributed by atoms with Crippen molar-refractivity contribution in [3.8, 4) is 39.9 Å². The molecule has 13 aromatic rings. The summed E-state index contributed by atoms with van der Waals surface area (Å²) in [5, 5.41) is 9.93. The topological polar surface area (TPSA) is 43.6 Å². The Morgan fingerprint density at radius 3 is 1.86 bits per heavy atom. The molecule has 0 radical (unpaired) electrons. The molecule has 306 valence electrons. The molecule has 5 heterocycles. The molecule has 0 amide bonds. The molecule has 0 bridgehead atoms. The molecule has 65 heavy (non-hydrogen) atoms. The third-order valence-electron chi connectivity index (χ3n) is 12.6. The van der Waals surface area contributed by atoms with Gasteiger partial charge in [0.05, 0.1) is 21.4 Å². The maximum atomic E-state index is 5.14. The SMILES string of the molecule is C=c1sc2cc3c(cc2/c1=C/C(=C\C)c1ccc2c(c1)c1ccccc1n2-c1cccc2c1sc1c(-c4nc(-c5ccccc5)nc(-c5ccccc5)n4)cccc12)sc1ccccc13. The number of para-hydroxylation sites is 1. The summed E-state index contributed by atoms with van der Waals surface area (Å²) in [5.74, 6) is 1.97. The fourth-order valence-electron chi connectivity index (χ4n) is 9.53. The van der Waals surface area contributed by atoms with Crippen LogP contribution in [0.4, 0.5) is 0 Å². The molecule has 0 aliphatic heterocycles. The zero-order chi connectivity index (χ0) is 43.2. The highest BCUT2D eigenvalue weighted by Crippen LogP contribution is 2.44. The highest BCUT2D eigenvalue weighted by Gasteiger charge is 2.21. The van der Waals surface area contributed by atoms with Crippen LogP contribution < -0.4 is 9.75 Å². The predicted octanol–water partition coefficient (Wildman–Crippen LogP) is 15.2. The Balaban J connectivity index is 0.964. The van der Waals surface area contributed by atoms with E-state index < -0.39 is 0 Å². The first-order valence-electron chi connectivity index (χ1n) is 21.6. The lowest BCUT2D eigenvalue weighted by Crippen LogP contribution is -2.16. The number of hydrogen-bond donors (Lipinski definition) is 0. The average molecular weight is 885 g/mol. The Bertz CT molecular complexity index is 4150. The molecule has 8 aromatic carbocycles. The molecule has 0 saturated heterocycles. The van der Waals surface area contributed by atoms with E-state index in [1.165, 1.54) is 83.9 Å². The van der Waals surface area contributed by atoms with Gasteiger partial charge in [-0.3, -0.25) is 0 Å². The maximum absolute atomic E-state index is 5.14. The number of fused-ring (bicyclic) bond motifs is 10. The van der Waals surface area contributed by atoms with Gasteiger partial charge >= 0.3 is 0 Å². The normalized spacial score (nSPS) is 12.6. The van der Waals surface area contributed by atoms with Crippen molar-refractivity contribution in [3.63, 3.8) is 0 Å². The van der Waals surface area contributed by atoms with Crippen LogP contribution in [0.3, 0.4) is 0 Å². The molecule has 4 nitrogen and oxygen atoms in total. The lowest BCUT2D eigenvalue weighted by molar-refractivity contribution is 1.08. The Labute approximate surface area is 385 Å². The smallest absolute Gasteiger partial charge is 0.165 e. The second kappa shape index (κ2) is 15.0. The molecular formula is C58H36N4S3. The summed E-state index contributed by atoms with van der Waals surface area (Å²) in [7, 11) is 0. The van der Waals surface area contributed by atoms with E-state index in [0.29, 0.717) is 17.5 Å². The third-order valence-corrected chi connectivity index (χ3v) is 16.0. The van der Waals surface area contributed by atoms with Crippen LogP contribution in [0, 0.1) is 0 Å². The van der Waals surface area contributed by atoms with Crippen molar-refractivity contribution in [1.82, 2.24) is 19.5 Å². The van der Waals surface area contributed by atoms with Gasteiger partial charge in [-0.1, -0.05) is 140 Å². The van der Waals surface area contributed by atoms with E-state index in [2.05, 4.69) is 170 Å². The minimum atomic E-state index is 0.653. The van der Waals surface area contributed by atoms with E-state index in [1.807, 2.05) is 47.7 Å². The summed E-state index contributed by atoms with van der Waals surface area (Å²) in [5.41, 5.74) is 8.73. The summed E-state index contributed by atoms with van der Waals surface area (Å²) in [6, 6.07) is 62.8. The van der Waals surface area contributed by atoms with Crippen LogP contribution in [-0.4, -0.2) is 19.5 Å². The number of hydrogen-bond acceptors (Lipinski definition) is 6. The van der Waals surface area contributed by atoms with E-state index in [0.717, 1.165) is 31.6 Å². The lowest BCUT2D eigenvalue weighted by Gasteiger charge is -2.10. The zero-order valence-corrected chi connectivity index (χ0v) is 37.6. The number of aromatic nitrogens is 4. The molecule has 0 fully saturated rings. The molecule has 5 aromatic heterocycles. The van der Waals surface area contributed by atoms with Gasteiger partial charge in [-0.05, 0) is 72.7 Å². The standard InChI is InChI=1S/C58H36N4S3/c1-3-35(30-44-34(2)63-52-32-46-40-21-11-13-27-51(40)64-53(46)33-47(44)52)38-28-29-49-45(31-38)39-20-10-12-25-48(39)62(49)50-26-15-23-42-41-22-14-24-43(54(41)65-55(42)50)58-60-56(36-16-6-4-7-17-36)59-57(61-58)37-18-8-5-9-19-37/h3-33H,2H2,1H3/b35-3+,44-30+. The fraction of sp³-hybridized carbons (Fsp3) is 0.0172. The van der Waals surface area contributed by atoms with Gasteiger partial charge in [0.1, 0.15) is 0 Å². The zero-order valence-electron chi connectivity index (χ0n) is 35.1. The summed E-state index contributed by atoms with van der Waals surface area (Å²) in [6.07, 6.45) is 4.57. The highest BCUT2D eigenvalue weighted by molar-refractivity contribution is 7.27.